The maximum Gasteiger partial charge on any atom is 0.322 e. The summed E-state index contributed by atoms with van der Waals surface area (Å²) in [5.74, 6) is -1.39. The van der Waals surface area contributed by atoms with E-state index >= 15 is 0 Å². The number of carboxylic acid groups (broad SMARTS) is 1. The number of fused-ring (bicyclic) bond motifs is 1. The highest BCUT2D eigenvalue weighted by atomic mass is 32.2. The molecule has 3 atom stereocenters. The third-order valence-corrected chi connectivity index (χ3v) is 11.3. The van der Waals surface area contributed by atoms with E-state index < -0.39 is 33.9 Å². The van der Waals surface area contributed by atoms with E-state index in [2.05, 4.69) is 20.4 Å². The first kappa shape index (κ1) is 28.5. The number of nitrogens with zero attached hydrogens (tertiary/aromatic N) is 4. The molecule has 2 fully saturated rings. The summed E-state index contributed by atoms with van der Waals surface area (Å²) in [5, 5.41) is 26.4. The van der Waals surface area contributed by atoms with Gasteiger partial charge < -0.3 is 32.0 Å². The maximum atomic E-state index is 13.0. The van der Waals surface area contributed by atoms with Gasteiger partial charge in [0.1, 0.15) is 21.9 Å². The van der Waals surface area contributed by atoms with Gasteiger partial charge in [-0.15, -0.1) is 46.6 Å². The predicted octanol–water partition coefficient (Wildman–Crippen LogP) is 1.28. The van der Waals surface area contributed by atoms with Crippen LogP contribution in [-0.2, 0) is 20.1 Å². The van der Waals surface area contributed by atoms with Crippen molar-refractivity contribution in [2.24, 2.45) is 10.9 Å². The molecule has 4 heterocycles. The van der Waals surface area contributed by atoms with Gasteiger partial charge in [-0.2, -0.15) is 0 Å². The number of aliphatic carboxylic acids is 1. The Morgan fingerprint density at radius 1 is 1.42 bits per heavy atom. The second kappa shape index (κ2) is 11.3. The Hall–Kier alpha value is -2.53. The molecular weight excluding hydrogens is 571 g/mol. The molecule has 2 aliphatic rings. The number of anilines is 1. The minimum Gasteiger partial charge on any atom is -0.480 e. The van der Waals surface area contributed by atoms with E-state index in [1.807, 2.05) is 13.8 Å². The molecule has 1 unspecified atom stereocenters. The van der Waals surface area contributed by atoms with E-state index in [1.165, 1.54) is 33.8 Å². The fourth-order valence-electron chi connectivity index (χ4n) is 3.77. The molecule has 2 aromatic heterocycles. The first-order valence-corrected chi connectivity index (χ1v) is 15.1. The summed E-state index contributed by atoms with van der Waals surface area (Å²) >= 11 is 5.24. The smallest absolute Gasteiger partial charge is 0.322 e. The van der Waals surface area contributed by atoms with E-state index in [0.717, 1.165) is 21.8 Å². The highest BCUT2D eigenvalue weighted by Gasteiger charge is 2.58. The number of β-lactam (4-membered cyclic amide) rings is 1. The molecule has 0 bridgehead atoms. The quantitative estimate of drug-likeness (QED) is 0.114. The van der Waals surface area contributed by atoms with Gasteiger partial charge in [-0.3, -0.25) is 19.4 Å². The molecule has 0 saturated carbocycles. The fraction of sp³-hybridized carbons (Fsp3) is 0.455. The fourth-order valence-corrected chi connectivity index (χ4v) is 8.23. The molecule has 4 rings (SSSR count). The largest absolute Gasteiger partial charge is 0.480 e. The van der Waals surface area contributed by atoms with Gasteiger partial charge in [0.15, 0.2) is 10.8 Å². The lowest BCUT2D eigenvalue weighted by Gasteiger charge is -2.53. The molecule has 2 aromatic rings. The Labute approximate surface area is 235 Å². The van der Waals surface area contributed by atoms with Crippen molar-refractivity contribution in [2.45, 2.75) is 45.4 Å². The molecule has 0 aromatic carbocycles. The number of thioether (sulfide) groups is 3. The van der Waals surface area contributed by atoms with Crippen LogP contribution in [0.25, 0.3) is 0 Å². The van der Waals surface area contributed by atoms with Crippen molar-refractivity contribution in [1.82, 2.24) is 20.2 Å². The summed E-state index contributed by atoms with van der Waals surface area (Å²) < 4.78 is -1.43. The third kappa shape index (κ3) is 5.73. The zero-order chi connectivity index (χ0) is 27.7. The van der Waals surface area contributed by atoms with Gasteiger partial charge in [-0.05, 0) is 25.5 Å². The second-order valence-corrected chi connectivity index (χ2v) is 14.4. The average Bonchev–Trinajstić information content (AvgIpc) is 3.32. The van der Waals surface area contributed by atoms with Crippen LogP contribution in [0.2, 0.25) is 0 Å². The molecule has 7 N–H and O–H groups in total. The highest BCUT2D eigenvalue weighted by Crippen LogP contribution is 2.47. The first-order valence-electron chi connectivity index (χ1n) is 11.4. The maximum absolute atomic E-state index is 13.0. The molecule has 0 radical (unpaired) electrons. The predicted molar refractivity (Wildman–Crippen MR) is 150 cm³/mol. The van der Waals surface area contributed by atoms with E-state index in [-0.39, 0.29) is 33.6 Å². The van der Waals surface area contributed by atoms with Crippen molar-refractivity contribution in [1.29, 1.82) is 0 Å². The van der Waals surface area contributed by atoms with Crippen molar-refractivity contribution in [3.05, 3.63) is 35.1 Å². The lowest BCUT2D eigenvalue weighted by atomic mass is 10.0. The average molecular weight is 598 g/mol. The van der Waals surface area contributed by atoms with Crippen LogP contribution in [0.3, 0.4) is 0 Å². The zero-order valence-corrected chi connectivity index (χ0v) is 23.8. The van der Waals surface area contributed by atoms with Crippen molar-refractivity contribution >= 4 is 75.2 Å². The van der Waals surface area contributed by atoms with Crippen LogP contribution in [0.5, 0.6) is 0 Å². The number of carboxylic acids is 1. The molecule has 16 heteroatoms. The second-order valence-electron chi connectivity index (χ2n) is 9.28. The highest BCUT2D eigenvalue weighted by molar-refractivity contribution is 8.05. The number of pyridine rings is 1. The van der Waals surface area contributed by atoms with Gasteiger partial charge >= 0.3 is 5.97 Å². The van der Waals surface area contributed by atoms with Crippen LogP contribution in [-0.4, -0.2) is 88.4 Å². The number of amides is 2. The van der Waals surface area contributed by atoms with Crippen molar-refractivity contribution in [3.8, 4) is 0 Å². The lowest BCUT2D eigenvalue weighted by Crippen LogP contribution is -2.74. The number of hydrogen-bond donors (Lipinski definition) is 5. The number of hydrogen-bond acceptors (Lipinski definition) is 13. The molecule has 38 heavy (non-hydrogen) atoms. The van der Waals surface area contributed by atoms with Gasteiger partial charge in [0.2, 0.25) is 5.91 Å². The van der Waals surface area contributed by atoms with Gasteiger partial charge in [0, 0.05) is 52.0 Å². The number of carbonyl (C=O) groups excluding carboxylic acids is 2. The SMILES string of the molecule is CC(C)(CN)SCc1cnccc1SC1(C(=O)O)CS[C@@H]2[C@H](NC(=O)C(=NO)c3csc(N)n3)C(=O)N2C1. The number of carbonyl (C=O) groups is 3. The van der Waals surface area contributed by atoms with E-state index in [9.17, 15) is 24.7 Å². The molecule has 2 amide bonds. The summed E-state index contributed by atoms with van der Waals surface area (Å²) in [7, 11) is 0. The summed E-state index contributed by atoms with van der Waals surface area (Å²) in [6, 6.07) is 0.905. The van der Waals surface area contributed by atoms with Gasteiger partial charge in [0.05, 0.1) is 0 Å². The topological polar surface area (TPSA) is 197 Å². The first-order chi connectivity index (χ1) is 18.0. The molecule has 0 aliphatic carbocycles. The van der Waals surface area contributed by atoms with E-state index in [0.29, 0.717) is 12.3 Å². The Kier molecular flexibility index (Phi) is 8.46. The van der Waals surface area contributed by atoms with Crippen LogP contribution < -0.4 is 16.8 Å². The van der Waals surface area contributed by atoms with Gasteiger partial charge in [-0.25, -0.2) is 4.98 Å². The third-order valence-electron chi connectivity index (χ3n) is 6.08. The van der Waals surface area contributed by atoms with Gasteiger partial charge in [-0.1, -0.05) is 5.16 Å². The number of rotatable bonds is 10. The summed E-state index contributed by atoms with van der Waals surface area (Å²) in [5.41, 5.74) is 12.1. The number of nitrogen functional groups attached to an aromatic ring is 1. The molecule has 2 saturated heterocycles. The zero-order valence-electron chi connectivity index (χ0n) is 20.5. The van der Waals surface area contributed by atoms with Crippen molar-refractivity contribution in [3.63, 3.8) is 0 Å². The van der Waals surface area contributed by atoms with Crippen LogP contribution in [0, 0.1) is 0 Å². The normalized spacial score (nSPS) is 23.5. The molecule has 12 nitrogen and oxygen atoms in total. The number of oxime groups is 1. The van der Waals surface area contributed by atoms with Crippen molar-refractivity contribution in [2.75, 3.05) is 24.6 Å². The number of nitrogens with one attached hydrogen (secondary N) is 1. The number of nitrogens with two attached hydrogens (primary N) is 2. The minimum atomic E-state index is -1.29. The van der Waals surface area contributed by atoms with Crippen molar-refractivity contribution < 1.29 is 24.7 Å². The lowest BCUT2D eigenvalue weighted by molar-refractivity contribution is -0.151. The summed E-state index contributed by atoms with van der Waals surface area (Å²) in [6.07, 6.45) is 3.35. The van der Waals surface area contributed by atoms with Crippen LogP contribution in [0.15, 0.2) is 33.9 Å². The van der Waals surface area contributed by atoms with Gasteiger partial charge in [0.25, 0.3) is 5.91 Å². The Morgan fingerprint density at radius 3 is 2.82 bits per heavy atom. The summed E-state index contributed by atoms with van der Waals surface area (Å²) in [6.45, 7) is 4.56. The Bertz CT molecular complexity index is 1270. The standard InChI is InChI=1S/C22H27N7O5S4/c1-21(2,8-23)37-6-11-5-25-4-3-13(11)38-22(19(32)33)9-29-17(31)15(18(29)36-10-22)27-16(30)14(28-34)12-7-35-20(24)26-12/h3-5,7,15,18,34H,6,8-10,23H2,1-2H3,(H2,24,26)(H,27,30)(H,32,33)/t15-,18-,22?/m1/s1. The summed E-state index contributed by atoms with van der Waals surface area (Å²) in [4.78, 5) is 48.6. The molecule has 0 spiro atoms. The number of thiazole rings is 1. The van der Waals surface area contributed by atoms with E-state index in [4.69, 9.17) is 11.5 Å². The van der Waals surface area contributed by atoms with E-state index in [1.54, 1.807) is 30.2 Å². The minimum absolute atomic E-state index is 0.0252. The Morgan fingerprint density at radius 2 is 2.18 bits per heavy atom. The molecule has 2 aliphatic heterocycles. The van der Waals surface area contributed by atoms with Crippen LogP contribution >= 0.6 is 46.6 Å². The number of aromatic nitrogens is 2. The monoisotopic (exact) mass is 597 g/mol. The Balaban J connectivity index is 1.46. The molecule has 204 valence electrons. The van der Waals surface area contributed by atoms with Crippen LogP contribution in [0.4, 0.5) is 5.13 Å². The van der Waals surface area contributed by atoms with Crippen LogP contribution in [0.1, 0.15) is 25.1 Å². The molecular formula is C22H27N7O5S4.